The summed E-state index contributed by atoms with van der Waals surface area (Å²) in [6.07, 6.45) is 1.61. The zero-order valence-corrected chi connectivity index (χ0v) is 17.6. The number of halogens is 1. The van der Waals surface area contributed by atoms with Gasteiger partial charge in [0.2, 0.25) is 19.9 Å². The first-order valence-electron chi connectivity index (χ1n) is 8.74. The third-order valence-corrected chi connectivity index (χ3v) is 9.01. The van der Waals surface area contributed by atoms with Crippen LogP contribution in [-0.4, -0.2) is 34.2 Å². The van der Waals surface area contributed by atoms with Crippen molar-refractivity contribution in [3.63, 3.8) is 0 Å². The number of rotatable bonds is 4. The summed E-state index contributed by atoms with van der Waals surface area (Å²) in [5, 5.41) is 0.431. The lowest BCUT2D eigenvalue weighted by molar-refractivity contribution is 0.288. The SMILES string of the molecule is Cc1ccc(S(=O)(=O)c2ccc(Cl)cc2)cc1S(=O)(=O)N1CCC(C)CC1. The monoisotopic (exact) mass is 427 g/mol. The fourth-order valence-electron chi connectivity index (χ4n) is 3.14. The molecular weight excluding hydrogens is 406 g/mol. The summed E-state index contributed by atoms with van der Waals surface area (Å²) in [6, 6.07) is 10.1. The number of benzene rings is 2. The highest BCUT2D eigenvalue weighted by Crippen LogP contribution is 2.29. The van der Waals surface area contributed by atoms with Crippen LogP contribution in [0.25, 0.3) is 0 Å². The molecule has 8 heteroatoms. The molecule has 1 aliphatic heterocycles. The van der Waals surface area contributed by atoms with Crippen molar-refractivity contribution in [1.82, 2.24) is 4.31 Å². The van der Waals surface area contributed by atoms with E-state index in [0.717, 1.165) is 12.8 Å². The quantitative estimate of drug-likeness (QED) is 0.741. The summed E-state index contributed by atoms with van der Waals surface area (Å²) < 4.78 is 53.4. The van der Waals surface area contributed by atoms with Crippen LogP contribution in [0, 0.1) is 12.8 Å². The zero-order chi connectivity index (χ0) is 19.8. The molecule has 5 nitrogen and oxygen atoms in total. The maximum absolute atomic E-state index is 13.1. The zero-order valence-electron chi connectivity index (χ0n) is 15.2. The topological polar surface area (TPSA) is 71.5 Å². The molecule has 1 heterocycles. The fourth-order valence-corrected chi connectivity index (χ4v) is 6.35. The standard InChI is InChI=1S/C19H22ClNO4S2/c1-14-9-11-21(12-10-14)27(24,25)19-13-18(6-3-15(19)2)26(22,23)17-7-4-16(20)5-8-17/h3-8,13-14H,9-12H2,1-2H3. The van der Waals surface area contributed by atoms with Crippen molar-refractivity contribution in [2.75, 3.05) is 13.1 Å². The Kier molecular flexibility index (Phi) is 5.68. The van der Waals surface area contributed by atoms with Crippen LogP contribution in [-0.2, 0) is 19.9 Å². The lowest BCUT2D eigenvalue weighted by atomic mass is 10.0. The molecule has 1 aliphatic rings. The van der Waals surface area contributed by atoms with Gasteiger partial charge >= 0.3 is 0 Å². The highest BCUT2D eigenvalue weighted by atomic mass is 35.5. The van der Waals surface area contributed by atoms with E-state index in [2.05, 4.69) is 6.92 Å². The number of hydrogen-bond donors (Lipinski definition) is 0. The van der Waals surface area contributed by atoms with Gasteiger partial charge in [-0.3, -0.25) is 0 Å². The molecule has 0 unspecified atom stereocenters. The molecule has 0 saturated carbocycles. The van der Waals surface area contributed by atoms with Gasteiger partial charge in [-0.25, -0.2) is 16.8 Å². The first-order chi connectivity index (χ1) is 12.6. The molecule has 0 amide bonds. The van der Waals surface area contributed by atoms with E-state index < -0.39 is 19.9 Å². The Balaban J connectivity index is 2.03. The molecule has 0 spiro atoms. The maximum atomic E-state index is 13.1. The molecule has 2 aromatic carbocycles. The van der Waals surface area contributed by atoms with Gasteiger partial charge in [-0.1, -0.05) is 24.6 Å². The molecule has 3 rings (SSSR count). The van der Waals surface area contributed by atoms with Crippen LogP contribution in [0.5, 0.6) is 0 Å². The molecule has 0 aliphatic carbocycles. The van der Waals surface area contributed by atoms with Gasteiger partial charge in [-0.2, -0.15) is 4.31 Å². The fraction of sp³-hybridized carbons (Fsp3) is 0.368. The molecule has 1 saturated heterocycles. The summed E-state index contributed by atoms with van der Waals surface area (Å²) in [5.41, 5.74) is 0.531. The Morgan fingerprint density at radius 3 is 2.07 bits per heavy atom. The van der Waals surface area contributed by atoms with Crippen LogP contribution in [0.1, 0.15) is 25.3 Å². The number of piperidine rings is 1. The van der Waals surface area contributed by atoms with Crippen LogP contribution >= 0.6 is 11.6 Å². The second kappa shape index (κ2) is 7.54. The van der Waals surface area contributed by atoms with Gasteiger partial charge < -0.3 is 0 Å². The van der Waals surface area contributed by atoms with Crippen molar-refractivity contribution in [1.29, 1.82) is 0 Å². The van der Waals surface area contributed by atoms with Crippen LogP contribution in [0.4, 0.5) is 0 Å². The lowest BCUT2D eigenvalue weighted by Crippen LogP contribution is -2.38. The average molecular weight is 428 g/mol. The highest BCUT2D eigenvalue weighted by Gasteiger charge is 2.30. The van der Waals surface area contributed by atoms with Crippen LogP contribution < -0.4 is 0 Å². The van der Waals surface area contributed by atoms with Gasteiger partial charge in [0.15, 0.2) is 0 Å². The smallest absolute Gasteiger partial charge is 0.219 e. The first-order valence-corrected chi connectivity index (χ1v) is 12.0. The maximum Gasteiger partial charge on any atom is 0.243 e. The second-order valence-electron chi connectivity index (χ2n) is 6.97. The van der Waals surface area contributed by atoms with E-state index in [0.29, 0.717) is 29.6 Å². The van der Waals surface area contributed by atoms with Gasteiger partial charge in [0.25, 0.3) is 0 Å². The minimum atomic E-state index is -3.84. The molecule has 0 aromatic heterocycles. The molecule has 1 fully saturated rings. The highest BCUT2D eigenvalue weighted by molar-refractivity contribution is 7.91. The largest absolute Gasteiger partial charge is 0.243 e. The molecule has 2 aromatic rings. The number of sulfonamides is 1. The van der Waals surface area contributed by atoms with Crippen molar-refractivity contribution in [2.45, 2.75) is 41.4 Å². The Morgan fingerprint density at radius 1 is 0.926 bits per heavy atom. The van der Waals surface area contributed by atoms with Crippen LogP contribution in [0.2, 0.25) is 5.02 Å². The molecule has 0 radical (unpaired) electrons. The molecule has 27 heavy (non-hydrogen) atoms. The minimum absolute atomic E-state index is 0.0422. The van der Waals surface area contributed by atoms with Gasteiger partial charge in [0.05, 0.1) is 14.7 Å². The van der Waals surface area contributed by atoms with Crippen molar-refractivity contribution in [3.05, 3.63) is 53.1 Å². The Labute approximate surface area is 165 Å². The Bertz CT molecular complexity index is 1040. The Hall–Kier alpha value is -1.41. The van der Waals surface area contributed by atoms with Crippen molar-refractivity contribution in [2.24, 2.45) is 5.92 Å². The summed E-state index contributed by atoms with van der Waals surface area (Å²) in [6.45, 7) is 4.70. The number of aryl methyl sites for hydroxylation is 1. The molecule has 0 N–H and O–H groups in total. The van der Waals surface area contributed by atoms with Crippen molar-refractivity contribution in [3.8, 4) is 0 Å². The third-order valence-electron chi connectivity index (χ3n) is 4.95. The summed E-state index contributed by atoms with van der Waals surface area (Å²) in [5.74, 6) is 0.495. The van der Waals surface area contributed by atoms with E-state index in [4.69, 9.17) is 11.6 Å². The van der Waals surface area contributed by atoms with Gasteiger partial charge in [-0.05, 0) is 67.6 Å². The van der Waals surface area contributed by atoms with Gasteiger partial charge in [0.1, 0.15) is 0 Å². The lowest BCUT2D eigenvalue weighted by Gasteiger charge is -2.30. The predicted octanol–water partition coefficient (Wildman–Crippen LogP) is 3.90. The normalized spacial score (nSPS) is 17.1. The van der Waals surface area contributed by atoms with E-state index in [1.165, 1.54) is 40.7 Å². The minimum Gasteiger partial charge on any atom is -0.219 e. The number of nitrogens with zero attached hydrogens (tertiary/aromatic N) is 1. The average Bonchev–Trinajstić information content (AvgIpc) is 2.62. The number of sulfone groups is 1. The van der Waals surface area contributed by atoms with E-state index in [1.54, 1.807) is 13.0 Å². The summed E-state index contributed by atoms with van der Waals surface area (Å²) >= 11 is 5.83. The van der Waals surface area contributed by atoms with Crippen LogP contribution in [0.15, 0.2) is 57.2 Å². The second-order valence-corrected chi connectivity index (χ2v) is 11.3. The predicted molar refractivity (Wildman–Crippen MR) is 105 cm³/mol. The molecule has 0 atom stereocenters. The molecular formula is C19H22ClNO4S2. The summed E-state index contributed by atoms with van der Waals surface area (Å²) in [7, 11) is -7.58. The van der Waals surface area contributed by atoms with E-state index in [-0.39, 0.29) is 14.7 Å². The van der Waals surface area contributed by atoms with Gasteiger partial charge in [0, 0.05) is 18.1 Å². The van der Waals surface area contributed by atoms with Crippen molar-refractivity contribution < 1.29 is 16.8 Å². The number of hydrogen-bond acceptors (Lipinski definition) is 4. The van der Waals surface area contributed by atoms with E-state index in [1.807, 2.05) is 0 Å². The van der Waals surface area contributed by atoms with E-state index in [9.17, 15) is 16.8 Å². The Morgan fingerprint density at radius 2 is 1.48 bits per heavy atom. The first kappa shape index (κ1) is 20.3. The van der Waals surface area contributed by atoms with Crippen LogP contribution in [0.3, 0.4) is 0 Å². The van der Waals surface area contributed by atoms with E-state index >= 15 is 0 Å². The third kappa shape index (κ3) is 4.06. The molecule has 146 valence electrons. The summed E-state index contributed by atoms with van der Waals surface area (Å²) in [4.78, 5) is 0.0809. The van der Waals surface area contributed by atoms with Gasteiger partial charge in [-0.15, -0.1) is 0 Å². The van der Waals surface area contributed by atoms with Crippen molar-refractivity contribution >= 4 is 31.5 Å². The molecule has 0 bridgehead atoms.